The Kier molecular flexibility index (Phi) is 4.86. The number of H-pyrrole nitrogens is 2. The first kappa shape index (κ1) is 21.7. The Morgan fingerprint density at radius 3 is 2.71 bits per heavy atom. The first-order chi connectivity index (χ1) is 16.9. The first-order valence-electron chi connectivity index (χ1n) is 11.6. The maximum atomic E-state index is 14.3. The van der Waals surface area contributed by atoms with E-state index in [0.717, 1.165) is 37.5 Å². The Bertz CT molecular complexity index is 1530. The zero-order valence-corrected chi connectivity index (χ0v) is 18.9. The van der Waals surface area contributed by atoms with E-state index in [4.69, 9.17) is 5.73 Å². The third kappa shape index (κ3) is 3.37. The van der Waals surface area contributed by atoms with E-state index in [-0.39, 0.29) is 39.3 Å². The Morgan fingerprint density at radius 2 is 1.94 bits per heavy atom. The lowest BCUT2D eigenvalue weighted by atomic mass is 9.73. The van der Waals surface area contributed by atoms with Crippen LogP contribution in [0.15, 0.2) is 53.8 Å². The van der Waals surface area contributed by atoms with Crippen LogP contribution in [0.1, 0.15) is 41.3 Å². The second-order valence-corrected chi connectivity index (χ2v) is 9.49. The number of aromatic nitrogens is 4. The van der Waals surface area contributed by atoms with Gasteiger partial charge in [0, 0.05) is 30.3 Å². The predicted molar refractivity (Wildman–Crippen MR) is 130 cm³/mol. The van der Waals surface area contributed by atoms with Crippen molar-refractivity contribution in [3.63, 3.8) is 0 Å². The summed E-state index contributed by atoms with van der Waals surface area (Å²) in [5, 5.41) is 7.06. The van der Waals surface area contributed by atoms with E-state index in [1.54, 1.807) is 0 Å². The van der Waals surface area contributed by atoms with Crippen LogP contribution in [0, 0.1) is 17.0 Å². The number of nitrogens with two attached hydrogens (primary N) is 1. The van der Waals surface area contributed by atoms with Gasteiger partial charge in [-0.15, -0.1) is 0 Å². The van der Waals surface area contributed by atoms with Crippen molar-refractivity contribution in [2.24, 2.45) is 11.1 Å². The molecule has 1 saturated heterocycles. The Labute approximate surface area is 199 Å². The third-order valence-corrected chi connectivity index (χ3v) is 7.61. The highest BCUT2D eigenvalue weighted by molar-refractivity contribution is 5.92. The molecule has 0 bridgehead atoms. The van der Waals surface area contributed by atoms with Crippen molar-refractivity contribution >= 4 is 22.6 Å². The Hall–Kier alpha value is -3.85. The number of piperidine rings is 1. The molecule has 178 valence electrons. The minimum absolute atomic E-state index is 0.000246. The molecule has 35 heavy (non-hydrogen) atoms. The van der Waals surface area contributed by atoms with Gasteiger partial charge >= 0.3 is 0 Å². The summed E-state index contributed by atoms with van der Waals surface area (Å²) in [5.41, 5.74) is 9.26. The van der Waals surface area contributed by atoms with Crippen LogP contribution >= 0.6 is 0 Å². The van der Waals surface area contributed by atoms with Gasteiger partial charge in [0.15, 0.2) is 5.65 Å². The molecule has 9 heteroatoms. The molecule has 4 aromatic rings. The van der Waals surface area contributed by atoms with Crippen LogP contribution in [-0.2, 0) is 6.42 Å². The molecule has 3 heterocycles. The molecular formula is C26H24F2N6O. The van der Waals surface area contributed by atoms with E-state index in [1.165, 1.54) is 11.1 Å². The van der Waals surface area contributed by atoms with Gasteiger partial charge in [0.25, 0.3) is 5.56 Å². The summed E-state index contributed by atoms with van der Waals surface area (Å²) >= 11 is 0. The number of nitrogens with one attached hydrogen (secondary N) is 2. The standard InChI is InChI=1S/C26H24F2N6O/c1-14(18-12-16(27)6-7-19(18)28)21-20-23(33-32-21)30-25(31-24(20)35)34-10-8-26(9-11-34)13-15-4-2-3-5-17(15)22(26)29/h2-7,12,22H,1,8-11,13,29H2,(H2,30,31,32,33,35)/t22-/m1/s1. The highest BCUT2D eigenvalue weighted by Crippen LogP contribution is 2.50. The molecule has 0 radical (unpaired) electrons. The fourth-order valence-corrected chi connectivity index (χ4v) is 5.62. The molecule has 0 saturated carbocycles. The molecule has 1 spiro atoms. The van der Waals surface area contributed by atoms with Crippen LogP contribution in [-0.4, -0.2) is 33.3 Å². The number of hydrogen-bond donors (Lipinski definition) is 3. The van der Waals surface area contributed by atoms with E-state index >= 15 is 0 Å². The SMILES string of the molecule is C=C(c1cc(F)ccc1F)c1n[nH]c2nc(N3CCC4(CC3)Cc3ccccc3[C@H]4N)[nH]c(=O)c12. The van der Waals surface area contributed by atoms with Gasteiger partial charge in [0.1, 0.15) is 22.7 Å². The van der Waals surface area contributed by atoms with Gasteiger partial charge in [0.2, 0.25) is 5.95 Å². The number of hydrogen-bond acceptors (Lipinski definition) is 5. The van der Waals surface area contributed by atoms with Crippen molar-refractivity contribution in [1.82, 2.24) is 20.2 Å². The van der Waals surface area contributed by atoms with E-state index in [2.05, 4.69) is 44.9 Å². The molecule has 0 unspecified atom stereocenters. The largest absolute Gasteiger partial charge is 0.342 e. The van der Waals surface area contributed by atoms with E-state index in [1.807, 2.05) is 11.0 Å². The molecule has 4 N–H and O–H groups in total. The molecule has 6 rings (SSSR count). The zero-order valence-electron chi connectivity index (χ0n) is 18.9. The number of halogens is 2. The van der Waals surface area contributed by atoms with Gasteiger partial charge in [-0.3, -0.25) is 14.9 Å². The van der Waals surface area contributed by atoms with E-state index in [0.29, 0.717) is 19.0 Å². The molecule has 2 aromatic carbocycles. The van der Waals surface area contributed by atoms with Crippen molar-refractivity contribution in [2.45, 2.75) is 25.3 Å². The molecule has 1 atom stereocenters. The van der Waals surface area contributed by atoms with Gasteiger partial charge < -0.3 is 10.6 Å². The maximum absolute atomic E-state index is 14.3. The molecule has 1 fully saturated rings. The quantitative estimate of drug-likeness (QED) is 0.419. The monoisotopic (exact) mass is 474 g/mol. The number of aromatic amines is 2. The minimum atomic E-state index is -0.650. The fraction of sp³-hybridized carbons (Fsp3) is 0.269. The van der Waals surface area contributed by atoms with Crippen LogP contribution < -0.4 is 16.2 Å². The average Bonchev–Trinajstić information content (AvgIpc) is 3.41. The summed E-state index contributed by atoms with van der Waals surface area (Å²) in [6, 6.07) is 11.4. The molecule has 7 nitrogen and oxygen atoms in total. The van der Waals surface area contributed by atoms with Crippen molar-refractivity contribution in [2.75, 3.05) is 18.0 Å². The minimum Gasteiger partial charge on any atom is -0.342 e. The van der Waals surface area contributed by atoms with Crippen molar-refractivity contribution < 1.29 is 8.78 Å². The summed E-state index contributed by atoms with van der Waals surface area (Å²) in [4.78, 5) is 22.5. The zero-order chi connectivity index (χ0) is 24.3. The summed E-state index contributed by atoms with van der Waals surface area (Å²) in [7, 11) is 0. The average molecular weight is 475 g/mol. The molecule has 2 aliphatic rings. The van der Waals surface area contributed by atoms with Gasteiger partial charge in [-0.25, -0.2) is 8.78 Å². The number of fused-ring (bicyclic) bond motifs is 2. The van der Waals surface area contributed by atoms with Gasteiger partial charge in [-0.05, 0) is 54.0 Å². The van der Waals surface area contributed by atoms with Crippen LogP contribution in [0.5, 0.6) is 0 Å². The normalized spacial score (nSPS) is 18.8. The highest BCUT2D eigenvalue weighted by atomic mass is 19.1. The lowest BCUT2D eigenvalue weighted by Gasteiger charge is -2.42. The van der Waals surface area contributed by atoms with Crippen molar-refractivity contribution in [1.29, 1.82) is 0 Å². The highest BCUT2D eigenvalue weighted by Gasteiger charge is 2.46. The van der Waals surface area contributed by atoms with Crippen LogP contribution in [0.4, 0.5) is 14.7 Å². The second kappa shape index (κ2) is 7.84. The second-order valence-electron chi connectivity index (χ2n) is 9.49. The van der Waals surface area contributed by atoms with Crippen molar-refractivity contribution in [3.05, 3.63) is 93.4 Å². The van der Waals surface area contributed by atoms with Gasteiger partial charge in [-0.2, -0.15) is 10.1 Å². The summed E-state index contributed by atoms with van der Waals surface area (Å²) in [6.07, 6.45) is 2.73. The Balaban J connectivity index is 1.27. The molecule has 1 aliphatic heterocycles. The maximum Gasteiger partial charge on any atom is 0.264 e. The lowest BCUT2D eigenvalue weighted by molar-refractivity contribution is 0.187. The smallest absolute Gasteiger partial charge is 0.264 e. The van der Waals surface area contributed by atoms with E-state index in [9.17, 15) is 13.6 Å². The number of benzene rings is 2. The molecular weight excluding hydrogens is 450 g/mol. The topological polar surface area (TPSA) is 104 Å². The summed E-state index contributed by atoms with van der Waals surface area (Å²) < 4.78 is 28.0. The van der Waals surface area contributed by atoms with Crippen molar-refractivity contribution in [3.8, 4) is 0 Å². The lowest BCUT2D eigenvalue weighted by Crippen LogP contribution is -2.45. The summed E-state index contributed by atoms with van der Waals surface area (Å²) in [5.74, 6) is -0.813. The molecule has 2 aromatic heterocycles. The number of anilines is 1. The molecule has 0 amide bonds. The predicted octanol–water partition coefficient (Wildman–Crippen LogP) is 3.83. The molecule has 1 aliphatic carbocycles. The first-order valence-corrected chi connectivity index (χ1v) is 11.6. The van der Waals surface area contributed by atoms with Crippen LogP contribution in [0.3, 0.4) is 0 Å². The Morgan fingerprint density at radius 1 is 1.17 bits per heavy atom. The van der Waals surface area contributed by atoms with Gasteiger partial charge in [0.05, 0.1) is 0 Å². The van der Waals surface area contributed by atoms with Gasteiger partial charge in [-0.1, -0.05) is 30.8 Å². The number of nitrogens with zero attached hydrogens (tertiary/aromatic N) is 3. The number of rotatable bonds is 3. The third-order valence-electron chi connectivity index (χ3n) is 7.61. The van der Waals surface area contributed by atoms with Crippen LogP contribution in [0.2, 0.25) is 0 Å². The van der Waals surface area contributed by atoms with Crippen LogP contribution in [0.25, 0.3) is 16.6 Å². The summed E-state index contributed by atoms with van der Waals surface area (Å²) in [6.45, 7) is 5.26. The van der Waals surface area contributed by atoms with E-state index < -0.39 is 17.2 Å². The fourth-order valence-electron chi connectivity index (χ4n) is 5.62.